The van der Waals surface area contributed by atoms with Crippen molar-refractivity contribution in [1.29, 1.82) is 0 Å². The third kappa shape index (κ3) is 6.38. The van der Waals surface area contributed by atoms with Gasteiger partial charge in [-0.3, -0.25) is 0 Å². The average Bonchev–Trinajstić information content (AvgIpc) is 3.19. The zero-order chi connectivity index (χ0) is 27.1. The van der Waals surface area contributed by atoms with Crippen LogP contribution in [0.2, 0.25) is 5.02 Å². The van der Waals surface area contributed by atoms with Gasteiger partial charge in [0.2, 0.25) is 0 Å². The molecule has 1 aliphatic rings. The summed E-state index contributed by atoms with van der Waals surface area (Å²) in [5.74, 6) is -0.652. The van der Waals surface area contributed by atoms with Gasteiger partial charge in [-0.05, 0) is 55.8 Å². The van der Waals surface area contributed by atoms with Crippen LogP contribution >= 0.6 is 23.4 Å². The van der Waals surface area contributed by atoms with E-state index in [1.54, 1.807) is 55.5 Å². The van der Waals surface area contributed by atoms with E-state index in [9.17, 15) is 14.3 Å². The van der Waals surface area contributed by atoms with Gasteiger partial charge < -0.3 is 19.3 Å². The number of rotatable bonds is 9. The predicted octanol–water partition coefficient (Wildman–Crippen LogP) is 7.65. The lowest BCUT2D eigenvalue weighted by Gasteiger charge is -2.15. The molecule has 0 amide bonds. The fraction of sp³-hybridized carbons (Fsp3) is 0.172. The first-order chi connectivity index (χ1) is 18.4. The number of hydrogen-bond donors (Lipinski definition) is 1. The zero-order valence-corrected chi connectivity index (χ0v) is 22.3. The number of benzene rings is 3. The minimum absolute atomic E-state index is 0.00655. The second-order valence-corrected chi connectivity index (χ2v) is 9.39. The summed E-state index contributed by atoms with van der Waals surface area (Å²) >= 11 is 7.69. The topological polar surface area (TPSA) is 77.4 Å². The lowest BCUT2D eigenvalue weighted by Crippen LogP contribution is -2.12. The first-order valence-electron chi connectivity index (χ1n) is 11.9. The molecule has 1 aliphatic heterocycles. The Labute approximate surface area is 229 Å². The van der Waals surface area contributed by atoms with Gasteiger partial charge in [0.05, 0.1) is 28.8 Å². The third-order valence-corrected chi connectivity index (χ3v) is 6.62. The molecule has 3 aromatic rings. The molecule has 0 bridgehead atoms. The molecule has 4 rings (SSSR count). The fourth-order valence-corrected chi connectivity index (χ4v) is 4.91. The molecule has 0 spiro atoms. The number of aliphatic hydroxyl groups is 1. The first kappa shape index (κ1) is 27.3. The van der Waals surface area contributed by atoms with Crippen molar-refractivity contribution in [3.05, 3.63) is 105 Å². The average molecular weight is 554 g/mol. The molecular weight excluding hydrogens is 529 g/mol. The largest absolute Gasteiger partial charge is 0.506 e. The Hall–Kier alpha value is -3.75. The van der Waals surface area contributed by atoms with Gasteiger partial charge in [0, 0.05) is 5.56 Å². The Morgan fingerprint density at radius 2 is 1.79 bits per heavy atom. The van der Waals surface area contributed by atoms with Crippen LogP contribution in [0.4, 0.5) is 10.1 Å². The summed E-state index contributed by atoms with van der Waals surface area (Å²) in [6, 6.07) is 18.8. The number of carbonyl (C=O) groups is 1. The molecular formula is C29H25ClFNO5S. The van der Waals surface area contributed by atoms with Crippen molar-refractivity contribution in [3.63, 3.8) is 0 Å². The van der Waals surface area contributed by atoms with Crippen LogP contribution in [0.3, 0.4) is 0 Å². The molecule has 6 nitrogen and oxygen atoms in total. The van der Waals surface area contributed by atoms with Crippen LogP contribution in [0, 0.1) is 5.82 Å². The molecule has 3 aromatic carbocycles. The highest BCUT2D eigenvalue weighted by Gasteiger charge is 2.33. The maximum atomic E-state index is 14.1. The van der Waals surface area contributed by atoms with Crippen molar-refractivity contribution in [2.24, 2.45) is 4.99 Å². The molecule has 0 aromatic heterocycles. The van der Waals surface area contributed by atoms with E-state index in [0.717, 1.165) is 11.8 Å². The lowest BCUT2D eigenvalue weighted by atomic mass is 10.1. The maximum absolute atomic E-state index is 14.1. The summed E-state index contributed by atoms with van der Waals surface area (Å²) in [5.41, 5.74) is 1.60. The Kier molecular flexibility index (Phi) is 9.10. The second-order valence-electron chi connectivity index (χ2n) is 7.95. The highest BCUT2D eigenvalue weighted by Crippen LogP contribution is 2.42. The maximum Gasteiger partial charge on any atom is 0.344 e. The molecule has 0 radical (unpaired) electrons. The van der Waals surface area contributed by atoms with Gasteiger partial charge >= 0.3 is 5.97 Å². The van der Waals surface area contributed by atoms with Crippen LogP contribution < -0.4 is 9.47 Å². The molecule has 0 fully saturated rings. The van der Waals surface area contributed by atoms with Crippen molar-refractivity contribution in [3.8, 4) is 11.5 Å². The van der Waals surface area contributed by atoms with Crippen molar-refractivity contribution >= 4 is 46.1 Å². The summed E-state index contributed by atoms with van der Waals surface area (Å²) in [6.07, 6.45) is 1.67. The minimum Gasteiger partial charge on any atom is -0.506 e. The predicted molar refractivity (Wildman–Crippen MR) is 149 cm³/mol. The zero-order valence-electron chi connectivity index (χ0n) is 20.7. The number of esters is 1. The number of carbonyl (C=O) groups excluding carboxylic acids is 1. The summed E-state index contributed by atoms with van der Waals surface area (Å²) in [5, 5.41) is 11.5. The van der Waals surface area contributed by atoms with Gasteiger partial charge in [-0.2, -0.15) is 0 Å². The van der Waals surface area contributed by atoms with Crippen LogP contribution in [-0.2, 0) is 16.1 Å². The van der Waals surface area contributed by atoms with E-state index >= 15 is 0 Å². The van der Waals surface area contributed by atoms with E-state index in [4.69, 9.17) is 25.8 Å². The van der Waals surface area contributed by atoms with Crippen molar-refractivity contribution in [1.82, 2.24) is 0 Å². The molecule has 0 unspecified atom stereocenters. The standard InChI is InChI=1S/C29H25ClFNO5S/c1-3-35-23-15-18(14-21(30)27(23)37-17-19-10-8-9-13-22(19)31)16-24-26(33)25(29(34)36-4-2)28(38-24)32-20-11-6-5-7-12-20/h5-16,33H,3-4,17H2,1-2H3/b24-16-,32-28?. The van der Waals surface area contributed by atoms with E-state index in [0.29, 0.717) is 39.1 Å². The minimum atomic E-state index is -0.666. The fourth-order valence-electron chi connectivity index (χ4n) is 3.60. The van der Waals surface area contributed by atoms with Crippen LogP contribution in [-0.4, -0.2) is 29.3 Å². The van der Waals surface area contributed by atoms with E-state index in [1.807, 2.05) is 25.1 Å². The normalized spacial score (nSPS) is 15.3. The van der Waals surface area contributed by atoms with Crippen LogP contribution in [0.25, 0.3) is 6.08 Å². The summed E-state index contributed by atoms with van der Waals surface area (Å²) in [7, 11) is 0. The molecule has 196 valence electrons. The summed E-state index contributed by atoms with van der Waals surface area (Å²) < 4.78 is 30.8. The molecule has 1 N–H and O–H groups in total. The van der Waals surface area contributed by atoms with E-state index in [1.165, 1.54) is 6.07 Å². The third-order valence-electron chi connectivity index (χ3n) is 5.32. The lowest BCUT2D eigenvalue weighted by molar-refractivity contribution is -0.138. The van der Waals surface area contributed by atoms with Crippen LogP contribution in [0.15, 0.2) is 88.0 Å². The number of hydrogen-bond acceptors (Lipinski definition) is 7. The quantitative estimate of drug-likeness (QED) is 0.274. The molecule has 0 aliphatic carbocycles. The van der Waals surface area contributed by atoms with Gasteiger partial charge in [-0.1, -0.05) is 59.8 Å². The highest BCUT2D eigenvalue weighted by atomic mass is 35.5. The van der Waals surface area contributed by atoms with E-state index in [2.05, 4.69) is 4.99 Å². The van der Waals surface area contributed by atoms with Gasteiger partial charge in [0.1, 0.15) is 28.8 Å². The van der Waals surface area contributed by atoms with E-state index < -0.39 is 5.97 Å². The SMILES string of the molecule is CCOC(=O)C1=C(O)/C(=C/c2cc(Cl)c(OCc3ccccc3F)c(OCC)c2)SC1=Nc1ccccc1. The molecule has 0 saturated heterocycles. The smallest absolute Gasteiger partial charge is 0.344 e. The molecule has 0 atom stereocenters. The number of aliphatic hydroxyl groups excluding tert-OH is 1. The Morgan fingerprint density at radius 3 is 2.50 bits per heavy atom. The number of halogens is 2. The van der Waals surface area contributed by atoms with Crippen molar-refractivity contribution in [2.75, 3.05) is 13.2 Å². The van der Waals surface area contributed by atoms with Crippen molar-refractivity contribution in [2.45, 2.75) is 20.5 Å². The monoisotopic (exact) mass is 553 g/mol. The van der Waals surface area contributed by atoms with Gasteiger partial charge in [-0.15, -0.1) is 0 Å². The number of para-hydroxylation sites is 1. The first-order valence-corrected chi connectivity index (χ1v) is 13.1. The number of ether oxygens (including phenoxy) is 3. The van der Waals surface area contributed by atoms with Gasteiger partial charge in [0.15, 0.2) is 11.5 Å². The number of nitrogens with zero attached hydrogens (tertiary/aromatic N) is 1. The van der Waals surface area contributed by atoms with E-state index in [-0.39, 0.29) is 41.1 Å². The Balaban J connectivity index is 1.68. The molecule has 1 heterocycles. The summed E-state index contributed by atoms with van der Waals surface area (Å²) in [6.45, 7) is 3.97. The molecule has 9 heteroatoms. The summed E-state index contributed by atoms with van der Waals surface area (Å²) in [4.78, 5) is 17.6. The Morgan fingerprint density at radius 1 is 1.05 bits per heavy atom. The Bertz CT molecular complexity index is 1420. The van der Waals surface area contributed by atoms with Gasteiger partial charge in [0.25, 0.3) is 0 Å². The van der Waals surface area contributed by atoms with Crippen LogP contribution in [0.1, 0.15) is 25.0 Å². The van der Waals surface area contributed by atoms with Crippen molar-refractivity contribution < 1.29 is 28.5 Å². The van der Waals surface area contributed by atoms with Crippen LogP contribution in [0.5, 0.6) is 11.5 Å². The second kappa shape index (κ2) is 12.7. The number of thioether (sulfide) groups is 1. The molecule has 0 saturated carbocycles. The molecule has 38 heavy (non-hydrogen) atoms. The highest BCUT2D eigenvalue weighted by molar-refractivity contribution is 8.18. The van der Waals surface area contributed by atoms with Gasteiger partial charge in [-0.25, -0.2) is 14.2 Å². The number of aliphatic imine (C=N–C) groups is 1.